The van der Waals surface area contributed by atoms with Gasteiger partial charge in [-0.2, -0.15) is 4.98 Å². The fourth-order valence-corrected chi connectivity index (χ4v) is 3.17. The van der Waals surface area contributed by atoms with Crippen LogP contribution in [-0.4, -0.2) is 9.38 Å². The fourth-order valence-electron chi connectivity index (χ4n) is 1.92. The van der Waals surface area contributed by atoms with Crippen LogP contribution in [0.3, 0.4) is 0 Å². The summed E-state index contributed by atoms with van der Waals surface area (Å²) in [5.41, 5.74) is 2.44. The number of thiazole rings is 1. The van der Waals surface area contributed by atoms with Crippen molar-refractivity contribution in [1.82, 2.24) is 9.38 Å². The molecule has 3 rings (SSSR count). The van der Waals surface area contributed by atoms with Gasteiger partial charge in [-0.15, -0.1) is 22.9 Å². The lowest BCUT2D eigenvalue weighted by Crippen LogP contribution is -2.10. The van der Waals surface area contributed by atoms with Crippen LogP contribution in [-0.2, 0) is 5.88 Å². The molecule has 0 radical (unpaired) electrons. The highest BCUT2D eigenvalue weighted by molar-refractivity contribution is 7.15. The summed E-state index contributed by atoms with van der Waals surface area (Å²) in [6.45, 7) is 0. The number of fused-ring (bicyclic) bond motifs is 1. The maximum Gasteiger partial charge on any atom is 0.274 e. The molecule has 0 N–H and O–H groups in total. The monoisotopic (exact) mass is 310 g/mol. The van der Waals surface area contributed by atoms with Crippen LogP contribution in [0.25, 0.3) is 16.2 Å². The lowest BCUT2D eigenvalue weighted by Gasteiger charge is -2.06. The number of halogens is 2. The molecule has 0 aliphatic rings. The molecule has 3 nitrogen and oxygen atoms in total. The first-order chi connectivity index (χ1) is 9.19. The first-order valence-corrected chi connectivity index (χ1v) is 7.30. The molecule has 0 unspecified atom stereocenters. The van der Waals surface area contributed by atoms with Crippen molar-refractivity contribution in [2.24, 2.45) is 0 Å². The number of hydrogen-bond acceptors (Lipinski definition) is 3. The summed E-state index contributed by atoms with van der Waals surface area (Å²) in [4.78, 5) is 16.1. The fraction of sp³-hybridized carbons (Fsp3) is 0.0769. The largest absolute Gasteiger partial charge is 0.287 e. The van der Waals surface area contributed by atoms with Gasteiger partial charge >= 0.3 is 0 Å². The van der Waals surface area contributed by atoms with E-state index in [1.54, 1.807) is 0 Å². The van der Waals surface area contributed by atoms with Crippen LogP contribution >= 0.6 is 34.5 Å². The van der Waals surface area contributed by atoms with Crippen LogP contribution in [0.5, 0.6) is 0 Å². The van der Waals surface area contributed by atoms with Crippen LogP contribution in [0.2, 0.25) is 5.02 Å². The van der Waals surface area contributed by atoms with Crippen molar-refractivity contribution in [2.45, 2.75) is 5.88 Å². The van der Waals surface area contributed by atoms with E-state index in [-0.39, 0.29) is 11.4 Å². The van der Waals surface area contributed by atoms with E-state index in [9.17, 15) is 4.79 Å². The van der Waals surface area contributed by atoms with Gasteiger partial charge in [-0.1, -0.05) is 23.7 Å². The molecule has 0 aliphatic heterocycles. The van der Waals surface area contributed by atoms with E-state index in [1.165, 1.54) is 17.4 Å². The van der Waals surface area contributed by atoms with Gasteiger partial charge < -0.3 is 0 Å². The zero-order valence-corrected chi connectivity index (χ0v) is 12.0. The van der Waals surface area contributed by atoms with Crippen molar-refractivity contribution in [2.75, 3.05) is 0 Å². The quantitative estimate of drug-likeness (QED) is 0.674. The molecule has 0 saturated heterocycles. The van der Waals surface area contributed by atoms with Crippen molar-refractivity contribution in [3.8, 4) is 11.3 Å². The third kappa shape index (κ3) is 2.27. The minimum Gasteiger partial charge on any atom is -0.287 e. The Kier molecular flexibility index (Phi) is 3.31. The highest BCUT2D eigenvalue weighted by Gasteiger charge is 2.10. The third-order valence-corrected chi connectivity index (χ3v) is 4.12. The van der Waals surface area contributed by atoms with E-state index < -0.39 is 0 Å². The first-order valence-electron chi connectivity index (χ1n) is 5.51. The highest BCUT2D eigenvalue weighted by atomic mass is 35.5. The van der Waals surface area contributed by atoms with Gasteiger partial charge in [-0.05, 0) is 17.7 Å². The zero-order chi connectivity index (χ0) is 13.4. The summed E-state index contributed by atoms with van der Waals surface area (Å²) in [5, 5.41) is 2.65. The van der Waals surface area contributed by atoms with Gasteiger partial charge in [0.1, 0.15) is 0 Å². The number of aromatic nitrogens is 2. The molecule has 0 spiro atoms. The van der Waals surface area contributed by atoms with Crippen molar-refractivity contribution in [3.63, 3.8) is 0 Å². The Bertz CT molecular complexity index is 793. The average Bonchev–Trinajstić information content (AvgIpc) is 2.82. The number of alkyl halides is 1. The van der Waals surface area contributed by atoms with Gasteiger partial charge in [0.05, 0.1) is 11.6 Å². The minimum absolute atomic E-state index is 0.260. The van der Waals surface area contributed by atoms with Gasteiger partial charge in [0.15, 0.2) is 4.96 Å². The normalized spacial score (nSPS) is 11.1. The standard InChI is InChI=1S/C13H8Cl2N2OS/c14-6-10-5-12(18)16-13-17(10)11(7-19-13)8-1-3-9(15)4-2-8/h1-5,7H,6H2. The van der Waals surface area contributed by atoms with Gasteiger partial charge in [0.2, 0.25) is 0 Å². The lowest BCUT2D eigenvalue weighted by atomic mass is 10.2. The Morgan fingerprint density at radius 1 is 1.26 bits per heavy atom. The Morgan fingerprint density at radius 3 is 2.68 bits per heavy atom. The maximum absolute atomic E-state index is 11.5. The molecular weight excluding hydrogens is 303 g/mol. The summed E-state index contributed by atoms with van der Waals surface area (Å²) < 4.78 is 1.91. The topological polar surface area (TPSA) is 34.4 Å². The smallest absolute Gasteiger partial charge is 0.274 e. The second-order valence-electron chi connectivity index (χ2n) is 3.97. The predicted molar refractivity (Wildman–Crippen MR) is 79.3 cm³/mol. The number of benzene rings is 1. The molecule has 6 heteroatoms. The summed E-state index contributed by atoms with van der Waals surface area (Å²) in [6, 6.07) is 8.99. The molecule has 2 heterocycles. The third-order valence-electron chi connectivity index (χ3n) is 2.77. The number of hydrogen-bond donors (Lipinski definition) is 0. The first kappa shape index (κ1) is 12.7. The van der Waals surface area contributed by atoms with E-state index >= 15 is 0 Å². The Hall–Kier alpha value is -1.36. The van der Waals surface area contributed by atoms with Crippen molar-refractivity contribution in [3.05, 3.63) is 56.8 Å². The predicted octanol–water partition coefficient (Wildman–Crippen LogP) is 3.82. The van der Waals surface area contributed by atoms with Crippen LogP contribution < -0.4 is 5.56 Å². The number of rotatable bonds is 2. The van der Waals surface area contributed by atoms with E-state index in [1.807, 2.05) is 34.0 Å². The Balaban J connectivity index is 2.30. The van der Waals surface area contributed by atoms with Crippen LogP contribution in [0.15, 0.2) is 40.5 Å². The summed E-state index contributed by atoms with van der Waals surface area (Å²) in [7, 11) is 0. The van der Waals surface area contributed by atoms with Gasteiger partial charge in [-0.25, -0.2) is 0 Å². The molecule has 0 amide bonds. The SMILES string of the molecule is O=c1cc(CCl)n2c(-c3ccc(Cl)cc3)csc2n1. The molecule has 0 bridgehead atoms. The summed E-state index contributed by atoms with van der Waals surface area (Å²) in [5.74, 6) is 0.260. The highest BCUT2D eigenvalue weighted by Crippen LogP contribution is 2.27. The van der Waals surface area contributed by atoms with E-state index in [4.69, 9.17) is 23.2 Å². The van der Waals surface area contributed by atoms with E-state index in [0.717, 1.165) is 17.0 Å². The van der Waals surface area contributed by atoms with Crippen LogP contribution in [0.4, 0.5) is 0 Å². The Labute approximate surface area is 123 Å². The number of nitrogens with zero attached hydrogens (tertiary/aromatic N) is 2. The van der Waals surface area contributed by atoms with Crippen molar-refractivity contribution >= 4 is 39.5 Å². The van der Waals surface area contributed by atoms with Gasteiger partial charge in [-0.3, -0.25) is 9.20 Å². The van der Waals surface area contributed by atoms with Crippen molar-refractivity contribution in [1.29, 1.82) is 0 Å². The Morgan fingerprint density at radius 2 is 2.00 bits per heavy atom. The summed E-state index contributed by atoms with van der Waals surface area (Å²) >= 11 is 13.2. The molecule has 0 saturated carbocycles. The second-order valence-corrected chi connectivity index (χ2v) is 5.51. The van der Waals surface area contributed by atoms with E-state index in [0.29, 0.717) is 9.98 Å². The minimum atomic E-state index is -0.264. The van der Waals surface area contributed by atoms with Crippen LogP contribution in [0, 0.1) is 0 Å². The molecular formula is C13H8Cl2N2OS. The zero-order valence-electron chi connectivity index (χ0n) is 9.64. The second kappa shape index (κ2) is 4.96. The maximum atomic E-state index is 11.5. The van der Waals surface area contributed by atoms with Crippen LogP contribution in [0.1, 0.15) is 5.69 Å². The summed E-state index contributed by atoms with van der Waals surface area (Å²) in [6.07, 6.45) is 0. The lowest BCUT2D eigenvalue weighted by molar-refractivity contribution is 1.03. The molecule has 2 aromatic heterocycles. The van der Waals surface area contributed by atoms with Crippen molar-refractivity contribution < 1.29 is 0 Å². The molecule has 3 aromatic rings. The molecule has 0 atom stereocenters. The van der Waals surface area contributed by atoms with Gasteiger partial charge in [0.25, 0.3) is 5.56 Å². The molecule has 1 aromatic carbocycles. The molecule has 96 valence electrons. The molecule has 0 aliphatic carbocycles. The molecule has 19 heavy (non-hydrogen) atoms. The molecule has 0 fully saturated rings. The van der Waals surface area contributed by atoms with Gasteiger partial charge in [0, 0.05) is 22.2 Å². The average molecular weight is 311 g/mol. The van der Waals surface area contributed by atoms with E-state index in [2.05, 4.69) is 4.98 Å².